The van der Waals surface area contributed by atoms with E-state index in [1.807, 2.05) is 6.26 Å². The Morgan fingerprint density at radius 2 is 2.38 bits per heavy atom. The summed E-state index contributed by atoms with van der Waals surface area (Å²) in [5.41, 5.74) is 5.27. The van der Waals surface area contributed by atoms with Gasteiger partial charge in [-0.15, -0.1) is 0 Å². The van der Waals surface area contributed by atoms with Gasteiger partial charge in [0, 0.05) is 25.5 Å². The van der Waals surface area contributed by atoms with E-state index in [0.29, 0.717) is 6.54 Å². The number of nitrogen functional groups attached to an aromatic ring is 1. The predicted octanol–water partition coefficient (Wildman–Crippen LogP) is 1.24. The van der Waals surface area contributed by atoms with Crippen molar-refractivity contribution in [3.8, 4) is 0 Å². The fraction of sp³-hybridized carbons (Fsp3) is 0.400. The molecule has 0 bridgehead atoms. The molecule has 0 unspecified atom stereocenters. The predicted molar refractivity (Wildman–Crippen MR) is 63.9 cm³/mol. The SMILES string of the molecule is CSCCN(C)C(=O)c1ccnc(N)c1F. The summed E-state index contributed by atoms with van der Waals surface area (Å²) in [6, 6.07) is 1.34. The van der Waals surface area contributed by atoms with Gasteiger partial charge in [0.1, 0.15) is 0 Å². The minimum absolute atomic E-state index is 0.0314. The Kier molecular flexibility index (Phi) is 4.54. The van der Waals surface area contributed by atoms with Gasteiger partial charge in [0.25, 0.3) is 5.91 Å². The maximum atomic E-state index is 13.5. The molecule has 0 saturated carbocycles. The summed E-state index contributed by atoms with van der Waals surface area (Å²) in [5.74, 6) is -0.557. The quantitative estimate of drug-likeness (QED) is 0.864. The van der Waals surface area contributed by atoms with Crippen LogP contribution in [-0.4, -0.2) is 41.4 Å². The van der Waals surface area contributed by atoms with Gasteiger partial charge in [0.05, 0.1) is 5.56 Å². The van der Waals surface area contributed by atoms with E-state index in [-0.39, 0.29) is 17.3 Å². The summed E-state index contributed by atoms with van der Waals surface area (Å²) >= 11 is 1.63. The van der Waals surface area contributed by atoms with Gasteiger partial charge in [-0.2, -0.15) is 11.8 Å². The number of amides is 1. The smallest absolute Gasteiger partial charge is 0.256 e. The summed E-state index contributed by atoms with van der Waals surface area (Å²) in [4.78, 5) is 16.9. The van der Waals surface area contributed by atoms with E-state index in [1.54, 1.807) is 18.8 Å². The maximum Gasteiger partial charge on any atom is 0.256 e. The maximum absolute atomic E-state index is 13.5. The first-order valence-electron chi connectivity index (χ1n) is 4.72. The molecule has 1 aromatic rings. The van der Waals surface area contributed by atoms with Gasteiger partial charge in [-0.1, -0.05) is 0 Å². The Hall–Kier alpha value is -1.30. The Labute approximate surface area is 98.0 Å². The van der Waals surface area contributed by atoms with Crippen LogP contribution in [0, 0.1) is 5.82 Å². The molecular weight excluding hydrogens is 229 g/mol. The van der Waals surface area contributed by atoms with Gasteiger partial charge in [-0.25, -0.2) is 9.37 Å². The summed E-state index contributed by atoms with van der Waals surface area (Å²) < 4.78 is 13.5. The molecule has 1 heterocycles. The van der Waals surface area contributed by atoms with Crippen molar-refractivity contribution < 1.29 is 9.18 Å². The second-order valence-electron chi connectivity index (χ2n) is 3.28. The highest BCUT2D eigenvalue weighted by molar-refractivity contribution is 7.98. The second-order valence-corrected chi connectivity index (χ2v) is 4.26. The lowest BCUT2D eigenvalue weighted by Gasteiger charge is -2.16. The number of pyridine rings is 1. The lowest BCUT2D eigenvalue weighted by Crippen LogP contribution is -2.29. The number of aromatic nitrogens is 1. The van der Waals surface area contributed by atoms with Crippen LogP contribution in [0.5, 0.6) is 0 Å². The number of nitrogens with zero attached hydrogens (tertiary/aromatic N) is 2. The number of anilines is 1. The molecule has 88 valence electrons. The Morgan fingerprint density at radius 1 is 1.69 bits per heavy atom. The summed E-state index contributed by atoms with van der Waals surface area (Å²) in [7, 11) is 1.63. The highest BCUT2D eigenvalue weighted by atomic mass is 32.2. The number of carbonyl (C=O) groups excluding carboxylic acids is 1. The molecule has 1 amide bonds. The number of halogens is 1. The van der Waals surface area contributed by atoms with Gasteiger partial charge >= 0.3 is 0 Å². The van der Waals surface area contributed by atoms with Crippen molar-refractivity contribution in [1.29, 1.82) is 0 Å². The van der Waals surface area contributed by atoms with E-state index in [1.165, 1.54) is 17.2 Å². The molecule has 0 aromatic carbocycles. The monoisotopic (exact) mass is 243 g/mol. The second kappa shape index (κ2) is 5.69. The topological polar surface area (TPSA) is 59.2 Å². The lowest BCUT2D eigenvalue weighted by molar-refractivity contribution is 0.0799. The van der Waals surface area contributed by atoms with Crippen molar-refractivity contribution in [3.63, 3.8) is 0 Å². The first kappa shape index (κ1) is 12.8. The fourth-order valence-electron chi connectivity index (χ4n) is 1.16. The third-order valence-corrected chi connectivity index (χ3v) is 2.71. The first-order chi connectivity index (χ1) is 7.57. The minimum atomic E-state index is -0.747. The van der Waals surface area contributed by atoms with E-state index in [0.717, 1.165) is 5.75 Å². The van der Waals surface area contributed by atoms with Gasteiger partial charge in [-0.3, -0.25) is 4.79 Å². The molecule has 2 N–H and O–H groups in total. The van der Waals surface area contributed by atoms with Gasteiger partial charge in [0.15, 0.2) is 11.6 Å². The summed E-state index contributed by atoms with van der Waals surface area (Å²) in [5, 5.41) is 0. The molecule has 16 heavy (non-hydrogen) atoms. The van der Waals surface area contributed by atoms with Crippen LogP contribution in [0.2, 0.25) is 0 Å². The number of carbonyl (C=O) groups is 1. The molecule has 0 aliphatic carbocycles. The van der Waals surface area contributed by atoms with Gasteiger partial charge in [-0.05, 0) is 12.3 Å². The van der Waals surface area contributed by atoms with Crippen molar-refractivity contribution in [1.82, 2.24) is 9.88 Å². The number of hydrogen-bond donors (Lipinski definition) is 1. The van der Waals surface area contributed by atoms with Crippen molar-refractivity contribution in [3.05, 3.63) is 23.6 Å². The van der Waals surface area contributed by atoms with Crippen LogP contribution in [0.4, 0.5) is 10.2 Å². The zero-order valence-corrected chi connectivity index (χ0v) is 10.1. The molecule has 0 saturated heterocycles. The average Bonchev–Trinajstić information content (AvgIpc) is 2.28. The van der Waals surface area contributed by atoms with Crippen LogP contribution < -0.4 is 5.73 Å². The van der Waals surface area contributed by atoms with Crippen LogP contribution in [-0.2, 0) is 0 Å². The van der Waals surface area contributed by atoms with Crippen molar-refractivity contribution in [2.45, 2.75) is 0 Å². The molecule has 0 fully saturated rings. The fourth-order valence-corrected chi connectivity index (χ4v) is 1.62. The molecule has 0 aliphatic heterocycles. The van der Waals surface area contributed by atoms with Crippen LogP contribution in [0.3, 0.4) is 0 Å². The molecule has 1 aromatic heterocycles. The molecule has 0 spiro atoms. The van der Waals surface area contributed by atoms with E-state index in [4.69, 9.17) is 5.73 Å². The molecule has 1 rings (SSSR count). The number of thioether (sulfide) groups is 1. The van der Waals surface area contributed by atoms with Crippen LogP contribution in [0.1, 0.15) is 10.4 Å². The minimum Gasteiger partial charge on any atom is -0.381 e. The number of rotatable bonds is 4. The van der Waals surface area contributed by atoms with Crippen LogP contribution >= 0.6 is 11.8 Å². The van der Waals surface area contributed by atoms with Crippen molar-refractivity contribution in [2.75, 3.05) is 31.3 Å². The normalized spacial score (nSPS) is 10.2. The molecule has 0 atom stereocenters. The Balaban J connectivity index is 2.84. The standard InChI is InChI=1S/C10H14FN3OS/c1-14(5-6-16-2)10(15)7-3-4-13-9(12)8(7)11/h3-4H,5-6H2,1-2H3,(H2,12,13). The third kappa shape index (κ3) is 2.85. The van der Waals surface area contributed by atoms with Gasteiger partial charge in [0.2, 0.25) is 0 Å². The Bertz CT molecular complexity index is 386. The molecule has 6 heteroatoms. The van der Waals surface area contributed by atoms with Crippen LogP contribution in [0.25, 0.3) is 0 Å². The lowest BCUT2D eigenvalue weighted by atomic mass is 10.2. The van der Waals surface area contributed by atoms with E-state index in [9.17, 15) is 9.18 Å². The molecule has 0 aliphatic rings. The van der Waals surface area contributed by atoms with E-state index >= 15 is 0 Å². The zero-order valence-electron chi connectivity index (χ0n) is 9.24. The third-order valence-electron chi connectivity index (χ3n) is 2.12. The van der Waals surface area contributed by atoms with Gasteiger partial charge < -0.3 is 10.6 Å². The number of hydrogen-bond acceptors (Lipinski definition) is 4. The van der Waals surface area contributed by atoms with Crippen LogP contribution in [0.15, 0.2) is 12.3 Å². The van der Waals surface area contributed by atoms with Crippen molar-refractivity contribution >= 4 is 23.5 Å². The largest absolute Gasteiger partial charge is 0.381 e. The molecular formula is C10H14FN3OS. The summed E-state index contributed by atoms with van der Waals surface area (Å²) in [6.45, 7) is 0.571. The average molecular weight is 243 g/mol. The van der Waals surface area contributed by atoms with E-state index in [2.05, 4.69) is 4.98 Å². The highest BCUT2D eigenvalue weighted by Crippen LogP contribution is 2.13. The van der Waals surface area contributed by atoms with E-state index < -0.39 is 5.82 Å². The highest BCUT2D eigenvalue weighted by Gasteiger charge is 2.17. The number of nitrogens with two attached hydrogens (primary N) is 1. The Morgan fingerprint density at radius 3 is 3.00 bits per heavy atom. The summed E-state index contributed by atoms with van der Waals surface area (Å²) in [6.07, 6.45) is 3.28. The molecule has 4 nitrogen and oxygen atoms in total. The zero-order chi connectivity index (χ0) is 12.1. The molecule has 0 radical (unpaired) electrons. The first-order valence-corrected chi connectivity index (χ1v) is 6.11. The van der Waals surface area contributed by atoms with Crippen molar-refractivity contribution in [2.24, 2.45) is 0 Å².